The van der Waals surface area contributed by atoms with Gasteiger partial charge in [-0.1, -0.05) is 54.4 Å². The number of carboxylic acids is 1. The van der Waals surface area contributed by atoms with E-state index >= 15 is 0 Å². The number of hydrogen-bond donors (Lipinski definition) is 1. The van der Waals surface area contributed by atoms with Crippen LogP contribution in [0.1, 0.15) is 119 Å². The smallest absolute Gasteiger partial charge is 0.306 e. The highest BCUT2D eigenvalue weighted by molar-refractivity contribution is 5.70. The van der Waals surface area contributed by atoms with Gasteiger partial charge in [0.05, 0.1) is 5.92 Å². The number of hydrogen-bond acceptors (Lipinski definition) is 1. The second-order valence-electron chi connectivity index (χ2n) is 13.7. The van der Waals surface area contributed by atoms with Crippen LogP contribution in [-0.4, -0.2) is 11.1 Å². The molecule has 0 saturated heterocycles. The molecule has 0 aromatic rings. The first kappa shape index (κ1) is 24.6. The summed E-state index contributed by atoms with van der Waals surface area (Å²) in [7, 11) is 0. The van der Waals surface area contributed by atoms with Gasteiger partial charge in [-0.15, -0.1) is 0 Å². The first-order chi connectivity index (χ1) is 15.1. The van der Waals surface area contributed by atoms with Crippen LogP contribution in [0.15, 0.2) is 0 Å². The summed E-state index contributed by atoms with van der Waals surface area (Å²) in [5.41, 5.74) is 0.965. The van der Waals surface area contributed by atoms with E-state index in [0.29, 0.717) is 16.7 Å². The van der Waals surface area contributed by atoms with Gasteiger partial charge in [-0.2, -0.15) is 0 Å². The van der Waals surface area contributed by atoms with Gasteiger partial charge in [0.1, 0.15) is 0 Å². The Hall–Kier alpha value is -0.530. The fraction of sp³-hybridized carbons (Fsp3) is 0.967. The molecule has 0 aromatic heterocycles. The second kappa shape index (κ2) is 9.26. The summed E-state index contributed by atoms with van der Waals surface area (Å²) in [5, 5.41) is 9.61. The molecule has 0 bridgehead atoms. The summed E-state index contributed by atoms with van der Waals surface area (Å²) in [6, 6.07) is 0. The lowest BCUT2D eigenvalue weighted by Gasteiger charge is -2.61. The number of rotatable bonds is 7. The van der Waals surface area contributed by atoms with Crippen LogP contribution in [0.4, 0.5) is 0 Å². The summed E-state index contributed by atoms with van der Waals surface area (Å²) in [6.07, 6.45) is 15.6. The highest BCUT2D eigenvalue weighted by atomic mass is 16.4. The lowest BCUT2D eigenvalue weighted by molar-refractivity contribution is -0.152. The van der Waals surface area contributed by atoms with Gasteiger partial charge in [-0.25, -0.2) is 0 Å². The zero-order valence-electron chi connectivity index (χ0n) is 22.0. The minimum atomic E-state index is -0.541. The molecule has 4 saturated carbocycles. The van der Waals surface area contributed by atoms with E-state index < -0.39 is 5.97 Å². The number of carbonyl (C=O) groups is 1. The Morgan fingerprint density at radius 3 is 2.25 bits per heavy atom. The van der Waals surface area contributed by atoms with Gasteiger partial charge in [-0.3, -0.25) is 4.79 Å². The van der Waals surface area contributed by atoms with Crippen molar-refractivity contribution in [2.24, 2.45) is 64.1 Å². The van der Waals surface area contributed by atoms with E-state index in [9.17, 15) is 9.90 Å². The Morgan fingerprint density at radius 1 is 0.906 bits per heavy atom. The normalized spacial score (nSPS) is 45.6. The van der Waals surface area contributed by atoms with E-state index in [0.717, 1.165) is 60.7 Å². The molecule has 0 heterocycles. The van der Waals surface area contributed by atoms with Crippen molar-refractivity contribution in [3.05, 3.63) is 0 Å². The molecule has 4 aliphatic rings. The van der Waals surface area contributed by atoms with Gasteiger partial charge in [0.25, 0.3) is 0 Å². The molecule has 184 valence electrons. The lowest BCUT2D eigenvalue weighted by atomic mass is 9.44. The van der Waals surface area contributed by atoms with Crippen molar-refractivity contribution in [2.45, 2.75) is 119 Å². The van der Waals surface area contributed by atoms with Gasteiger partial charge in [0.2, 0.25) is 0 Å². The summed E-state index contributed by atoms with van der Waals surface area (Å²) < 4.78 is 0. The Balaban J connectivity index is 1.44. The van der Waals surface area contributed by atoms with Gasteiger partial charge in [0.15, 0.2) is 0 Å². The van der Waals surface area contributed by atoms with Crippen molar-refractivity contribution >= 4 is 5.97 Å². The third kappa shape index (κ3) is 4.08. The van der Waals surface area contributed by atoms with Gasteiger partial charge >= 0.3 is 5.97 Å². The molecular weight excluding hydrogens is 392 g/mol. The molecule has 0 radical (unpaired) electrons. The molecule has 4 rings (SSSR count). The molecule has 2 heteroatoms. The predicted octanol–water partition coefficient (Wildman–Crippen LogP) is 8.44. The van der Waals surface area contributed by atoms with Crippen molar-refractivity contribution in [3.8, 4) is 0 Å². The molecule has 32 heavy (non-hydrogen) atoms. The zero-order chi connectivity index (χ0) is 23.3. The summed E-state index contributed by atoms with van der Waals surface area (Å²) in [5.74, 6) is 6.24. The molecule has 10 atom stereocenters. The maximum absolute atomic E-state index is 11.7. The highest BCUT2D eigenvalue weighted by Crippen LogP contribution is 2.68. The van der Waals surface area contributed by atoms with Crippen LogP contribution in [0, 0.1) is 64.1 Å². The van der Waals surface area contributed by atoms with Crippen molar-refractivity contribution in [1.29, 1.82) is 0 Å². The number of aliphatic carboxylic acids is 1. The van der Waals surface area contributed by atoms with Gasteiger partial charge < -0.3 is 5.11 Å². The van der Waals surface area contributed by atoms with Crippen molar-refractivity contribution in [1.82, 2.24) is 0 Å². The molecular formula is C30H52O2. The molecule has 10 unspecified atom stereocenters. The average Bonchev–Trinajstić information content (AvgIpc) is 3.10. The molecule has 0 aliphatic heterocycles. The number of carboxylic acid groups (broad SMARTS) is 1. The van der Waals surface area contributed by atoms with Crippen LogP contribution in [-0.2, 0) is 4.79 Å². The minimum Gasteiger partial charge on any atom is -0.481 e. The first-order valence-electron chi connectivity index (χ1n) is 14.3. The van der Waals surface area contributed by atoms with Crippen molar-refractivity contribution in [2.75, 3.05) is 0 Å². The fourth-order valence-electron chi connectivity index (χ4n) is 10.1. The summed E-state index contributed by atoms with van der Waals surface area (Å²) in [6.45, 7) is 15.0. The maximum Gasteiger partial charge on any atom is 0.306 e. The monoisotopic (exact) mass is 444 g/mol. The lowest BCUT2D eigenvalue weighted by Crippen LogP contribution is -2.54. The molecule has 0 spiro atoms. The van der Waals surface area contributed by atoms with Crippen LogP contribution >= 0.6 is 0 Å². The Labute approximate surface area is 198 Å². The topological polar surface area (TPSA) is 37.3 Å². The Bertz CT molecular complexity index is 670. The van der Waals surface area contributed by atoms with Gasteiger partial charge in [0, 0.05) is 0 Å². The standard InChI is InChI=1S/C30H52O2/c1-7-21(19(2)3)9-8-20(4)25-12-13-26-24-11-10-23-18-22(28(31)32)14-16-29(23,5)27(24)15-17-30(25,26)6/h19-27H,7-18H2,1-6H3,(H,31,32). The van der Waals surface area contributed by atoms with E-state index in [4.69, 9.17) is 0 Å². The van der Waals surface area contributed by atoms with E-state index in [1.54, 1.807) is 0 Å². The minimum absolute atomic E-state index is 0.0759. The number of fused-ring (bicyclic) bond motifs is 5. The second-order valence-corrected chi connectivity index (χ2v) is 13.7. The molecule has 2 nitrogen and oxygen atoms in total. The molecule has 4 aliphatic carbocycles. The third-order valence-electron chi connectivity index (χ3n) is 12.2. The highest BCUT2D eigenvalue weighted by Gasteiger charge is 2.60. The Morgan fingerprint density at radius 2 is 1.59 bits per heavy atom. The summed E-state index contributed by atoms with van der Waals surface area (Å²) >= 11 is 0. The molecule has 0 aromatic carbocycles. The van der Waals surface area contributed by atoms with E-state index in [2.05, 4.69) is 41.5 Å². The quantitative estimate of drug-likeness (QED) is 0.427. The fourth-order valence-corrected chi connectivity index (χ4v) is 10.1. The van der Waals surface area contributed by atoms with Crippen LogP contribution in [0.2, 0.25) is 0 Å². The predicted molar refractivity (Wildman–Crippen MR) is 133 cm³/mol. The van der Waals surface area contributed by atoms with Crippen LogP contribution in [0.3, 0.4) is 0 Å². The van der Waals surface area contributed by atoms with Crippen molar-refractivity contribution in [3.63, 3.8) is 0 Å². The Kier molecular flexibility index (Phi) is 7.11. The van der Waals surface area contributed by atoms with E-state index in [1.807, 2.05) is 0 Å². The average molecular weight is 445 g/mol. The molecule has 0 amide bonds. The van der Waals surface area contributed by atoms with Crippen molar-refractivity contribution < 1.29 is 9.90 Å². The maximum atomic E-state index is 11.7. The van der Waals surface area contributed by atoms with Crippen LogP contribution in [0.5, 0.6) is 0 Å². The van der Waals surface area contributed by atoms with Crippen LogP contribution in [0.25, 0.3) is 0 Å². The summed E-state index contributed by atoms with van der Waals surface area (Å²) in [4.78, 5) is 11.7. The third-order valence-corrected chi connectivity index (χ3v) is 12.2. The molecule has 1 N–H and O–H groups in total. The van der Waals surface area contributed by atoms with E-state index in [-0.39, 0.29) is 5.92 Å². The molecule has 4 fully saturated rings. The largest absolute Gasteiger partial charge is 0.481 e. The van der Waals surface area contributed by atoms with Gasteiger partial charge in [-0.05, 0) is 122 Å². The van der Waals surface area contributed by atoms with E-state index in [1.165, 1.54) is 57.8 Å². The van der Waals surface area contributed by atoms with Crippen LogP contribution < -0.4 is 0 Å². The SMILES string of the molecule is CCC(CCC(C)C1CCC2C3CCC4CC(C(=O)O)CCC4(C)C3CCC12C)C(C)C. The zero-order valence-corrected chi connectivity index (χ0v) is 22.0. The first-order valence-corrected chi connectivity index (χ1v) is 14.3.